The third-order valence-electron chi connectivity index (χ3n) is 5.55. The maximum atomic E-state index is 13.1. The number of pyridine rings is 2. The van der Waals surface area contributed by atoms with Crippen LogP contribution < -0.4 is 10.5 Å². The molecular formula is C25H22N4O3. The van der Waals surface area contributed by atoms with Gasteiger partial charge in [0, 0.05) is 42.0 Å². The van der Waals surface area contributed by atoms with Gasteiger partial charge in [0.1, 0.15) is 5.82 Å². The van der Waals surface area contributed by atoms with Gasteiger partial charge in [-0.15, -0.1) is 0 Å². The minimum absolute atomic E-state index is 0.193. The zero-order valence-electron chi connectivity index (χ0n) is 17.4. The highest BCUT2D eigenvalue weighted by Crippen LogP contribution is 2.26. The van der Waals surface area contributed by atoms with Crippen LogP contribution >= 0.6 is 0 Å². The minimum Gasteiger partial charge on any atom is -0.494 e. The molecule has 1 N–H and O–H groups in total. The summed E-state index contributed by atoms with van der Waals surface area (Å²) in [6.45, 7) is 3.21. The first-order chi connectivity index (χ1) is 15.7. The van der Waals surface area contributed by atoms with Gasteiger partial charge < -0.3 is 14.7 Å². The van der Waals surface area contributed by atoms with Crippen molar-refractivity contribution < 1.29 is 9.84 Å². The minimum atomic E-state index is -0.330. The van der Waals surface area contributed by atoms with Gasteiger partial charge in [-0.3, -0.25) is 9.79 Å². The molecule has 0 saturated carbocycles. The van der Waals surface area contributed by atoms with Crippen LogP contribution in [0.15, 0.2) is 82.7 Å². The van der Waals surface area contributed by atoms with Crippen molar-refractivity contribution in [3.63, 3.8) is 0 Å². The zero-order valence-corrected chi connectivity index (χ0v) is 17.4. The summed E-state index contributed by atoms with van der Waals surface area (Å²) < 4.78 is 6.62. The van der Waals surface area contributed by atoms with Crippen molar-refractivity contribution in [2.45, 2.75) is 0 Å². The van der Waals surface area contributed by atoms with Gasteiger partial charge in [-0.05, 0) is 42.5 Å². The molecule has 2 aromatic carbocycles. The second kappa shape index (κ2) is 8.64. The van der Waals surface area contributed by atoms with E-state index in [1.807, 2.05) is 36.4 Å². The maximum Gasteiger partial charge on any atom is 0.267 e. The summed E-state index contributed by atoms with van der Waals surface area (Å²) in [6.07, 6.45) is 3.18. The van der Waals surface area contributed by atoms with Crippen LogP contribution in [-0.2, 0) is 4.74 Å². The number of anilines is 1. The number of hydrogen-bond acceptors (Lipinski definition) is 6. The number of aromatic nitrogens is 2. The van der Waals surface area contributed by atoms with Crippen LogP contribution in [0.2, 0.25) is 0 Å². The second-order valence-electron chi connectivity index (χ2n) is 7.49. The summed E-state index contributed by atoms with van der Waals surface area (Å²) in [6, 6.07) is 20.3. The van der Waals surface area contributed by atoms with E-state index in [1.165, 1.54) is 4.57 Å². The summed E-state index contributed by atoms with van der Waals surface area (Å²) >= 11 is 0. The van der Waals surface area contributed by atoms with E-state index >= 15 is 0 Å². The molecule has 0 spiro atoms. The number of rotatable bonds is 4. The lowest BCUT2D eigenvalue weighted by Gasteiger charge is -2.28. The summed E-state index contributed by atoms with van der Waals surface area (Å²) in [5.41, 5.74) is 2.01. The smallest absolute Gasteiger partial charge is 0.267 e. The fraction of sp³-hybridized carbons (Fsp3) is 0.160. The van der Waals surface area contributed by atoms with Crippen molar-refractivity contribution >= 4 is 28.4 Å². The van der Waals surface area contributed by atoms with E-state index in [2.05, 4.69) is 14.9 Å². The van der Waals surface area contributed by atoms with E-state index in [4.69, 9.17) is 4.74 Å². The monoisotopic (exact) mass is 426 g/mol. The van der Waals surface area contributed by atoms with Crippen molar-refractivity contribution in [2.75, 3.05) is 31.2 Å². The molecule has 1 saturated heterocycles. The Bertz CT molecular complexity index is 1330. The molecule has 7 heteroatoms. The predicted octanol–water partition coefficient (Wildman–Crippen LogP) is 3.68. The number of fused-ring (bicyclic) bond motifs is 1. The second-order valence-corrected chi connectivity index (χ2v) is 7.49. The van der Waals surface area contributed by atoms with E-state index < -0.39 is 0 Å². The van der Waals surface area contributed by atoms with Gasteiger partial charge >= 0.3 is 0 Å². The van der Waals surface area contributed by atoms with Gasteiger partial charge in [-0.2, -0.15) is 0 Å². The van der Waals surface area contributed by atoms with E-state index in [-0.39, 0.29) is 11.4 Å². The zero-order chi connectivity index (χ0) is 21.9. The lowest BCUT2D eigenvalue weighted by molar-refractivity contribution is 0.122. The Balaban J connectivity index is 1.55. The van der Waals surface area contributed by atoms with E-state index in [1.54, 1.807) is 42.7 Å². The van der Waals surface area contributed by atoms with Gasteiger partial charge in [0.2, 0.25) is 5.88 Å². The molecule has 2 aromatic heterocycles. The summed E-state index contributed by atoms with van der Waals surface area (Å²) in [5, 5.41) is 12.1. The molecule has 1 aliphatic heterocycles. The van der Waals surface area contributed by atoms with E-state index in [9.17, 15) is 9.90 Å². The molecular weight excluding hydrogens is 404 g/mol. The Morgan fingerprint density at radius 2 is 1.66 bits per heavy atom. The molecule has 3 heterocycles. The van der Waals surface area contributed by atoms with Crippen molar-refractivity contribution in [2.24, 2.45) is 4.99 Å². The molecule has 0 bridgehead atoms. The van der Waals surface area contributed by atoms with Crippen molar-refractivity contribution in [3.8, 4) is 11.7 Å². The molecule has 32 heavy (non-hydrogen) atoms. The fourth-order valence-electron chi connectivity index (χ4n) is 3.90. The van der Waals surface area contributed by atoms with Crippen molar-refractivity contribution in [1.29, 1.82) is 0 Å². The predicted molar refractivity (Wildman–Crippen MR) is 126 cm³/mol. The maximum absolute atomic E-state index is 13.1. The van der Waals surface area contributed by atoms with Gasteiger partial charge in [0.05, 0.1) is 24.5 Å². The fourth-order valence-corrected chi connectivity index (χ4v) is 3.90. The standard InChI is InChI=1S/C25H22N4O3/c30-24-21-6-2-1-5-20(21)22(25(31)29(24)23-7-3-4-12-26-23)17-27-18-8-10-19(11-9-18)28-13-15-32-16-14-28/h1-12,17,31H,13-16H2. The summed E-state index contributed by atoms with van der Waals surface area (Å²) in [7, 11) is 0. The lowest BCUT2D eigenvalue weighted by Crippen LogP contribution is -2.36. The Labute approximate surface area is 184 Å². The molecule has 0 aliphatic carbocycles. The molecule has 4 aromatic rings. The van der Waals surface area contributed by atoms with Gasteiger partial charge in [-0.25, -0.2) is 9.55 Å². The summed E-state index contributed by atoms with van der Waals surface area (Å²) in [5.74, 6) is 0.159. The highest BCUT2D eigenvalue weighted by Gasteiger charge is 2.17. The average Bonchev–Trinajstić information content (AvgIpc) is 2.86. The van der Waals surface area contributed by atoms with Gasteiger partial charge in [-0.1, -0.05) is 24.3 Å². The van der Waals surface area contributed by atoms with Crippen LogP contribution in [0.4, 0.5) is 11.4 Å². The Kier molecular flexibility index (Phi) is 5.39. The largest absolute Gasteiger partial charge is 0.494 e. The third-order valence-corrected chi connectivity index (χ3v) is 5.55. The topological polar surface area (TPSA) is 80.0 Å². The number of morpholine rings is 1. The molecule has 7 nitrogen and oxygen atoms in total. The van der Waals surface area contributed by atoms with E-state index in [0.29, 0.717) is 22.2 Å². The molecule has 0 unspecified atom stereocenters. The number of benzene rings is 2. The number of aromatic hydroxyl groups is 1. The van der Waals surface area contributed by atoms with Crippen LogP contribution in [0.3, 0.4) is 0 Å². The van der Waals surface area contributed by atoms with Crippen molar-refractivity contribution in [1.82, 2.24) is 9.55 Å². The molecule has 0 atom stereocenters. The first-order valence-corrected chi connectivity index (χ1v) is 10.5. The average molecular weight is 426 g/mol. The Hall–Kier alpha value is -3.97. The van der Waals surface area contributed by atoms with Gasteiger partial charge in [0.25, 0.3) is 5.56 Å². The van der Waals surface area contributed by atoms with Crippen LogP contribution in [0.1, 0.15) is 5.56 Å². The quantitative estimate of drug-likeness (QED) is 0.504. The lowest BCUT2D eigenvalue weighted by atomic mass is 10.1. The Morgan fingerprint density at radius 3 is 2.38 bits per heavy atom. The van der Waals surface area contributed by atoms with Crippen LogP contribution in [0, 0.1) is 0 Å². The number of ether oxygens (including phenoxy) is 1. The highest BCUT2D eigenvalue weighted by molar-refractivity contribution is 6.02. The molecule has 5 rings (SSSR count). The first kappa shape index (κ1) is 20.0. The molecule has 160 valence electrons. The SMILES string of the molecule is O=c1c2ccccc2c(C=Nc2ccc(N3CCOCC3)cc2)c(O)n1-c1ccccn1. The molecule has 1 aliphatic rings. The third kappa shape index (κ3) is 3.74. The van der Waals surface area contributed by atoms with Crippen LogP contribution in [0.25, 0.3) is 16.6 Å². The molecule has 0 amide bonds. The molecule has 1 fully saturated rings. The molecule has 0 radical (unpaired) electrons. The number of hydrogen-bond donors (Lipinski definition) is 1. The van der Waals surface area contributed by atoms with Crippen molar-refractivity contribution in [3.05, 3.63) is 88.8 Å². The highest BCUT2D eigenvalue weighted by atomic mass is 16.5. The normalized spacial score (nSPS) is 14.3. The first-order valence-electron chi connectivity index (χ1n) is 10.5. The van der Waals surface area contributed by atoms with Gasteiger partial charge in [0.15, 0.2) is 0 Å². The number of nitrogens with zero attached hydrogens (tertiary/aromatic N) is 4. The van der Waals surface area contributed by atoms with E-state index in [0.717, 1.165) is 37.7 Å². The Morgan fingerprint density at radius 1 is 0.938 bits per heavy atom. The summed E-state index contributed by atoms with van der Waals surface area (Å²) in [4.78, 5) is 24.2. The van der Waals surface area contributed by atoms with Crippen LogP contribution in [-0.4, -0.2) is 47.2 Å². The number of aliphatic imine (C=N–C) groups is 1. The van der Waals surface area contributed by atoms with Crippen LogP contribution in [0.5, 0.6) is 5.88 Å².